The molecule has 0 saturated heterocycles. The maximum Gasteiger partial charge on any atom is 0.472 e. The van der Waals surface area contributed by atoms with Gasteiger partial charge in [-0.15, -0.1) is 0 Å². The quantitative estimate of drug-likeness (QED) is 0.0243. The topological polar surface area (TPSA) is 105 Å². The minimum Gasteiger partial charge on any atom is -0.387 e. The van der Waals surface area contributed by atoms with Crippen LogP contribution in [-0.4, -0.2) is 73.4 Å². The van der Waals surface area contributed by atoms with Gasteiger partial charge in [-0.2, -0.15) is 0 Å². The molecule has 0 aromatic carbocycles. The maximum atomic E-state index is 13.1. The molecule has 0 saturated carbocycles. The molecule has 524 valence electrons. The standard InChI is InChI=1S/C79H157N2O6P/c1-6-8-10-12-14-16-18-20-22-24-26-28-30-32-33-34-35-36-37-38-39-40-41-42-43-44-45-46-47-49-51-53-55-57-59-61-63-65-67-69-71-73-79(83)80-77(76-87-88(84,85)86-75-74-81(3,4)5)78(82)72-70-68-66-64-62-60-58-56-54-52-50-48-31-29-27-25-23-21-19-17-15-13-11-9-7-2/h24,26,70,72,77-78,82H,6-23,25,27-69,71,73-76H2,1-5H3,(H-,80,83,84,85)/p+1/b26-24-,72-70+. The second kappa shape index (κ2) is 70.3. The van der Waals surface area contributed by atoms with Crippen molar-refractivity contribution in [2.45, 2.75) is 437 Å². The van der Waals surface area contributed by atoms with Crippen molar-refractivity contribution in [2.75, 3.05) is 40.9 Å². The highest BCUT2D eigenvalue weighted by Gasteiger charge is 2.28. The predicted octanol–water partition coefficient (Wildman–Crippen LogP) is 25.8. The van der Waals surface area contributed by atoms with Gasteiger partial charge in [0.15, 0.2) is 0 Å². The lowest BCUT2D eigenvalue weighted by Gasteiger charge is -2.25. The molecule has 0 radical (unpaired) electrons. The zero-order chi connectivity index (χ0) is 64.1. The van der Waals surface area contributed by atoms with Crippen molar-refractivity contribution in [1.29, 1.82) is 0 Å². The fourth-order valence-corrected chi connectivity index (χ4v) is 13.3. The molecule has 1 amide bonds. The van der Waals surface area contributed by atoms with E-state index in [2.05, 4.69) is 31.3 Å². The number of nitrogens with zero attached hydrogens (tertiary/aromatic N) is 1. The van der Waals surface area contributed by atoms with E-state index in [0.717, 1.165) is 32.1 Å². The Morgan fingerprint density at radius 1 is 0.375 bits per heavy atom. The number of carbonyl (C=O) groups is 1. The average molecular weight is 1260 g/mol. The van der Waals surface area contributed by atoms with Crippen molar-refractivity contribution in [3.8, 4) is 0 Å². The van der Waals surface area contributed by atoms with E-state index in [0.29, 0.717) is 17.4 Å². The number of likely N-dealkylation sites (N-methyl/N-ethyl adjacent to an activating group) is 1. The van der Waals surface area contributed by atoms with Crippen LogP contribution in [0.1, 0.15) is 425 Å². The number of nitrogens with one attached hydrogen (secondary N) is 1. The van der Waals surface area contributed by atoms with E-state index in [9.17, 15) is 19.4 Å². The van der Waals surface area contributed by atoms with Crippen LogP contribution in [0.4, 0.5) is 0 Å². The lowest BCUT2D eigenvalue weighted by Crippen LogP contribution is -2.45. The molecule has 88 heavy (non-hydrogen) atoms. The lowest BCUT2D eigenvalue weighted by atomic mass is 10.0. The van der Waals surface area contributed by atoms with Gasteiger partial charge in [0, 0.05) is 6.42 Å². The van der Waals surface area contributed by atoms with E-state index >= 15 is 0 Å². The molecule has 3 unspecified atom stereocenters. The normalized spacial score (nSPS) is 13.6. The van der Waals surface area contributed by atoms with E-state index in [1.54, 1.807) is 6.08 Å². The van der Waals surface area contributed by atoms with E-state index in [1.807, 2.05) is 27.2 Å². The fourth-order valence-electron chi connectivity index (χ4n) is 12.5. The molecule has 9 heteroatoms. The minimum atomic E-state index is -4.35. The number of quaternary nitrogens is 1. The van der Waals surface area contributed by atoms with E-state index < -0.39 is 20.0 Å². The summed E-state index contributed by atoms with van der Waals surface area (Å²) >= 11 is 0. The van der Waals surface area contributed by atoms with Gasteiger partial charge in [-0.1, -0.05) is 398 Å². The van der Waals surface area contributed by atoms with Gasteiger partial charge in [-0.3, -0.25) is 13.8 Å². The van der Waals surface area contributed by atoms with Crippen LogP contribution in [0.5, 0.6) is 0 Å². The van der Waals surface area contributed by atoms with Crippen LogP contribution in [-0.2, 0) is 18.4 Å². The molecule has 0 aromatic rings. The van der Waals surface area contributed by atoms with E-state index in [-0.39, 0.29) is 19.1 Å². The molecule has 0 aliphatic rings. The van der Waals surface area contributed by atoms with Crippen molar-refractivity contribution in [2.24, 2.45) is 0 Å². The first-order valence-corrected chi connectivity index (χ1v) is 41.2. The average Bonchev–Trinajstić information content (AvgIpc) is 3.71. The second-order valence-corrected chi connectivity index (χ2v) is 30.3. The van der Waals surface area contributed by atoms with Crippen molar-refractivity contribution in [1.82, 2.24) is 5.32 Å². The minimum absolute atomic E-state index is 0.0650. The largest absolute Gasteiger partial charge is 0.472 e. The summed E-state index contributed by atoms with van der Waals surface area (Å²) in [6.07, 6.45) is 93.8. The Bertz CT molecular complexity index is 1480. The van der Waals surface area contributed by atoms with Crippen LogP contribution in [0, 0.1) is 0 Å². The summed E-state index contributed by atoms with van der Waals surface area (Å²) in [4.78, 5) is 23.5. The smallest absolute Gasteiger partial charge is 0.387 e. The Labute approximate surface area is 551 Å². The van der Waals surface area contributed by atoms with Crippen LogP contribution >= 0.6 is 7.82 Å². The van der Waals surface area contributed by atoms with Gasteiger partial charge in [-0.05, 0) is 44.9 Å². The summed E-state index contributed by atoms with van der Waals surface area (Å²) in [6.45, 7) is 4.89. The van der Waals surface area contributed by atoms with Gasteiger partial charge in [0.2, 0.25) is 5.91 Å². The molecule has 0 rings (SSSR count). The number of aliphatic hydroxyl groups is 1. The number of aliphatic hydroxyl groups excluding tert-OH is 1. The van der Waals surface area contributed by atoms with Gasteiger partial charge in [0.05, 0.1) is 39.9 Å². The third-order valence-corrected chi connectivity index (χ3v) is 19.6. The van der Waals surface area contributed by atoms with Crippen molar-refractivity contribution < 1.29 is 32.9 Å². The summed E-state index contributed by atoms with van der Waals surface area (Å²) in [5.41, 5.74) is 0. The Morgan fingerprint density at radius 2 is 0.614 bits per heavy atom. The maximum absolute atomic E-state index is 13.1. The van der Waals surface area contributed by atoms with Crippen LogP contribution in [0.25, 0.3) is 0 Å². The van der Waals surface area contributed by atoms with Gasteiger partial charge in [0.1, 0.15) is 13.2 Å². The number of unbranched alkanes of at least 4 members (excludes halogenated alkanes) is 60. The molecular weight excluding hydrogens is 1100 g/mol. The van der Waals surface area contributed by atoms with Crippen molar-refractivity contribution >= 4 is 13.7 Å². The van der Waals surface area contributed by atoms with Gasteiger partial charge in [0.25, 0.3) is 0 Å². The lowest BCUT2D eigenvalue weighted by molar-refractivity contribution is -0.870. The van der Waals surface area contributed by atoms with Gasteiger partial charge in [-0.25, -0.2) is 4.57 Å². The zero-order valence-corrected chi connectivity index (χ0v) is 61.2. The zero-order valence-electron chi connectivity index (χ0n) is 60.3. The number of amides is 1. The molecule has 0 aromatic heterocycles. The predicted molar refractivity (Wildman–Crippen MR) is 388 cm³/mol. The number of carbonyl (C=O) groups excluding carboxylic acids is 1. The van der Waals surface area contributed by atoms with Crippen molar-refractivity contribution in [3.63, 3.8) is 0 Å². The van der Waals surface area contributed by atoms with Gasteiger partial charge < -0.3 is 19.8 Å². The highest BCUT2D eigenvalue weighted by molar-refractivity contribution is 7.47. The first-order valence-electron chi connectivity index (χ1n) is 39.7. The Hall–Kier alpha value is -1.02. The molecule has 0 heterocycles. The fraction of sp³-hybridized carbons (Fsp3) is 0.937. The molecule has 3 atom stereocenters. The van der Waals surface area contributed by atoms with Crippen LogP contribution < -0.4 is 5.32 Å². The molecule has 0 aliphatic carbocycles. The summed E-state index contributed by atoms with van der Waals surface area (Å²) in [5, 5.41) is 14.0. The summed E-state index contributed by atoms with van der Waals surface area (Å²) in [5.74, 6) is -0.166. The Kier molecular flexibility index (Phi) is 69.5. The highest BCUT2D eigenvalue weighted by Crippen LogP contribution is 2.43. The number of hydrogen-bond acceptors (Lipinski definition) is 5. The van der Waals surface area contributed by atoms with Crippen LogP contribution in [0.2, 0.25) is 0 Å². The first kappa shape index (κ1) is 87.0. The number of allylic oxidation sites excluding steroid dienone is 3. The molecular formula is C79H158N2O6P+. The third kappa shape index (κ3) is 72.4. The van der Waals surface area contributed by atoms with Crippen molar-refractivity contribution in [3.05, 3.63) is 24.3 Å². The second-order valence-electron chi connectivity index (χ2n) is 28.8. The summed E-state index contributed by atoms with van der Waals surface area (Å²) < 4.78 is 23.9. The van der Waals surface area contributed by atoms with E-state index in [1.165, 1.54) is 372 Å². The Balaban J connectivity index is 3.89. The van der Waals surface area contributed by atoms with Crippen LogP contribution in [0.15, 0.2) is 24.3 Å². The number of hydrogen-bond donors (Lipinski definition) is 3. The summed E-state index contributed by atoms with van der Waals surface area (Å²) in [6, 6.07) is -0.845. The third-order valence-electron chi connectivity index (χ3n) is 18.7. The summed E-state index contributed by atoms with van der Waals surface area (Å²) in [7, 11) is 1.60. The number of phosphoric ester groups is 1. The highest BCUT2D eigenvalue weighted by atomic mass is 31.2. The Morgan fingerprint density at radius 3 is 0.875 bits per heavy atom. The molecule has 8 nitrogen and oxygen atoms in total. The SMILES string of the molecule is CCCCCCCCCC/C=C\CCCCCCCCCCCCCCCCCCCCCCCCCCCCCCCC(=O)NC(COP(=O)(O)OCC[N+](C)(C)C)C(O)/C=C/CCCCCCCCCCCCCCCCCCCCCCCCC. The molecule has 3 N–H and O–H groups in total. The van der Waals surface area contributed by atoms with E-state index in [4.69, 9.17) is 9.05 Å². The van der Waals surface area contributed by atoms with Gasteiger partial charge >= 0.3 is 7.82 Å². The first-order chi connectivity index (χ1) is 43.0. The molecule has 0 aliphatic heterocycles. The molecule has 0 fully saturated rings. The number of rotatable bonds is 75. The number of phosphoric acid groups is 1. The molecule has 0 spiro atoms. The van der Waals surface area contributed by atoms with Crippen LogP contribution in [0.3, 0.4) is 0 Å². The molecule has 0 bridgehead atoms. The monoisotopic (exact) mass is 1260 g/mol.